The maximum absolute atomic E-state index is 12.1. The van der Waals surface area contributed by atoms with Crippen LogP contribution in [0.1, 0.15) is 23.7 Å². The monoisotopic (exact) mass is 390 g/mol. The van der Waals surface area contributed by atoms with Crippen molar-refractivity contribution in [3.05, 3.63) is 54.1 Å². The summed E-state index contributed by atoms with van der Waals surface area (Å²) in [5.74, 6) is -0.137. The van der Waals surface area contributed by atoms with E-state index in [0.29, 0.717) is 17.0 Å². The van der Waals surface area contributed by atoms with E-state index in [-0.39, 0.29) is 35.4 Å². The Morgan fingerprint density at radius 2 is 1.70 bits per heavy atom. The zero-order valence-electron chi connectivity index (χ0n) is 15.2. The summed E-state index contributed by atoms with van der Waals surface area (Å²) in [6.45, 7) is 1.73. The van der Waals surface area contributed by atoms with Crippen LogP contribution in [0.2, 0.25) is 0 Å². The zero-order chi connectivity index (χ0) is 19.9. The zero-order valence-corrected chi connectivity index (χ0v) is 16.0. The van der Waals surface area contributed by atoms with Crippen LogP contribution < -0.4 is 15.4 Å². The predicted molar refractivity (Wildman–Crippen MR) is 103 cm³/mol. The van der Waals surface area contributed by atoms with Gasteiger partial charge in [0.15, 0.2) is 9.84 Å². The topological polar surface area (TPSA) is 102 Å². The molecule has 0 saturated heterocycles. The first-order valence-corrected chi connectivity index (χ1v) is 10.1. The van der Waals surface area contributed by atoms with Gasteiger partial charge in [-0.05, 0) is 36.4 Å². The van der Waals surface area contributed by atoms with Crippen LogP contribution in [0.3, 0.4) is 0 Å². The van der Waals surface area contributed by atoms with Gasteiger partial charge in [0.1, 0.15) is 5.75 Å². The average Bonchev–Trinajstić information content (AvgIpc) is 2.68. The molecule has 2 N–H and O–H groups in total. The van der Waals surface area contributed by atoms with E-state index in [1.807, 2.05) is 0 Å². The molecule has 0 spiro atoms. The van der Waals surface area contributed by atoms with Gasteiger partial charge in [-0.25, -0.2) is 8.42 Å². The van der Waals surface area contributed by atoms with Crippen molar-refractivity contribution in [2.24, 2.45) is 0 Å². The number of anilines is 1. The maximum Gasteiger partial charge on any atom is 0.255 e. The number of sulfone groups is 1. The number of carbonyl (C=O) groups excluding carboxylic acids is 2. The molecule has 7 nitrogen and oxygen atoms in total. The summed E-state index contributed by atoms with van der Waals surface area (Å²) >= 11 is 0. The van der Waals surface area contributed by atoms with Gasteiger partial charge < -0.3 is 15.4 Å². The molecule has 0 fully saturated rings. The molecular formula is C19H22N2O5S. The van der Waals surface area contributed by atoms with Gasteiger partial charge in [-0.3, -0.25) is 9.59 Å². The van der Waals surface area contributed by atoms with Crippen LogP contribution >= 0.6 is 0 Å². The van der Waals surface area contributed by atoms with Crippen LogP contribution in [0.5, 0.6) is 5.75 Å². The summed E-state index contributed by atoms with van der Waals surface area (Å²) in [6, 6.07) is 12.8. The van der Waals surface area contributed by atoms with Crippen molar-refractivity contribution in [1.82, 2.24) is 5.32 Å². The van der Waals surface area contributed by atoms with Crippen molar-refractivity contribution >= 4 is 27.3 Å². The summed E-state index contributed by atoms with van der Waals surface area (Å²) in [5.41, 5.74) is 0.888. The Bertz CT molecular complexity index is 908. The fourth-order valence-corrected chi connectivity index (χ4v) is 3.24. The first-order chi connectivity index (χ1) is 12.9. The van der Waals surface area contributed by atoms with E-state index in [0.717, 1.165) is 0 Å². The first kappa shape index (κ1) is 20.4. The lowest BCUT2D eigenvalue weighted by molar-refractivity contribution is -0.116. The molecule has 0 aromatic heterocycles. The number of hydrogen-bond donors (Lipinski definition) is 2. The normalized spacial score (nSPS) is 10.9. The first-order valence-electron chi connectivity index (χ1n) is 8.41. The second kappa shape index (κ2) is 9.18. The minimum atomic E-state index is -3.27. The SMILES string of the molecule is CCS(=O)(=O)c1ccc(NC(=O)CCNC(=O)c2ccccc2OC)cc1. The van der Waals surface area contributed by atoms with Gasteiger partial charge in [-0.15, -0.1) is 0 Å². The molecule has 0 heterocycles. The molecule has 144 valence electrons. The molecule has 0 aliphatic carbocycles. The number of amides is 2. The van der Waals surface area contributed by atoms with Crippen molar-refractivity contribution in [3.63, 3.8) is 0 Å². The summed E-state index contributed by atoms with van der Waals surface area (Å²) in [4.78, 5) is 24.3. The van der Waals surface area contributed by atoms with Gasteiger partial charge >= 0.3 is 0 Å². The Hall–Kier alpha value is -2.87. The Morgan fingerprint density at radius 1 is 1.04 bits per heavy atom. The fraction of sp³-hybridized carbons (Fsp3) is 0.263. The van der Waals surface area contributed by atoms with E-state index in [1.165, 1.54) is 31.4 Å². The Kier molecular flexibility index (Phi) is 6.95. The van der Waals surface area contributed by atoms with Crippen LogP contribution in [0.4, 0.5) is 5.69 Å². The molecule has 27 heavy (non-hydrogen) atoms. The van der Waals surface area contributed by atoms with Gasteiger partial charge in [0.2, 0.25) is 5.91 Å². The molecule has 2 rings (SSSR count). The van der Waals surface area contributed by atoms with Crippen molar-refractivity contribution < 1.29 is 22.7 Å². The molecule has 0 saturated carbocycles. The minimum Gasteiger partial charge on any atom is -0.496 e. The van der Waals surface area contributed by atoms with Crippen molar-refractivity contribution in [2.45, 2.75) is 18.2 Å². The highest BCUT2D eigenvalue weighted by atomic mass is 32.2. The number of ether oxygens (including phenoxy) is 1. The average molecular weight is 390 g/mol. The molecular weight excluding hydrogens is 368 g/mol. The van der Waals surface area contributed by atoms with Crippen LogP contribution in [0.25, 0.3) is 0 Å². The largest absolute Gasteiger partial charge is 0.496 e. The second-order valence-corrected chi connectivity index (χ2v) is 7.96. The lowest BCUT2D eigenvalue weighted by atomic mass is 10.2. The molecule has 2 amide bonds. The number of rotatable bonds is 8. The summed E-state index contributed by atoms with van der Waals surface area (Å²) in [5, 5.41) is 5.33. The highest BCUT2D eigenvalue weighted by molar-refractivity contribution is 7.91. The van der Waals surface area contributed by atoms with Crippen molar-refractivity contribution in [1.29, 1.82) is 0 Å². The molecule has 0 radical (unpaired) electrons. The number of nitrogens with one attached hydrogen (secondary N) is 2. The number of hydrogen-bond acceptors (Lipinski definition) is 5. The van der Waals surface area contributed by atoms with Gasteiger partial charge in [-0.1, -0.05) is 19.1 Å². The van der Waals surface area contributed by atoms with E-state index in [2.05, 4.69) is 10.6 Å². The highest BCUT2D eigenvalue weighted by Crippen LogP contribution is 2.17. The smallest absolute Gasteiger partial charge is 0.255 e. The van der Waals surface area contributed by atoms with E-state index < -0.39 is 9.84 Å². The molecule has 2 aromatic carbocycles. The third-order valence-electron chi connectivity index (χ3n) is 3.87. The van der Waals surface area contributed by atoms with E-state index in [1.54, 1.807) is 31.2 Å². The van der Waals surface area contributed by atoms with Crippen molar-refractivity contribution in [3.8, 4) is 5.75 Å². The third kappa shape index (κ3) is 5.55. The third-order valence-corrected chi connectivity index (χ3v) is 5.62. The maximum atomic E-state index is 12.1. The predicted octanol–water partition coefficient (Wildman–Crippen LogP) is 2.25. The summed E-state index contributed by atoms with van der Waals surface area (Å²) < 4.78 is 28.7. The highest BCUT2D eigenvalue weighted by Gasteiger charge is 2.13. The number of para-hydroxylation sites is 1. The number of carbonyl (C=O) groups is 2. The fourth-order valence-electron chi connectivity index (χ4n) is 2.35. The van der Waals surface area contributed by atoms with E-state index in [4.69, 9.17) is 4.74 Å². The van der Waals surface area contributed by atoms with Crippen LogP contribution in [-0.4, -0.2) is 39.6 Å². The van der Waals surface area contributed by atoms with Crippen LogP contribution in [0.15, 0.2) is 53.4 Å². The minimum absolute atomic E-state index is 0.0185. The van der Waals surface area contributed by atoms with Gasteiger partial charge in [0, 0.05) is 18.7 Å². The lowest BCUT2D eigenvalue weighted by Gasteiger charge is -2.09. The second-order valence-electron chi connectivity index (χ2n) is 5.68. The lowest BCUT2D eigenvalue weighted by Crippen LogP contribution is -2.28. The molecule has 0 unspecified atom stereocenters. The summed E-state index contributed by atoms with van der Waals surface area (Å²) in [6.07, 6.45) is 0.0793. The van der Waals surface area contributed by atoms with E-state index >= 15 is 0 Å². The Balaban J connectivity index is 1.85. The van der Waals surface area contributed by atoms with Gasteiger partial charge in [0.05, 0.1) is 23.3 Å². The molecule has 0 atom stereocenters. The molecule has 0 aliphatic heterocycles. The molecule has 0 bridgehead atoms. The molecule has 8 heteroatoms. The van der Waals surface area contributed by atoms with E-state index in [9.17, 15) is 18.0 Å². The number of benzene rings is 2. The van der Waals surface area contributed by atoms with Crippen LogP contribution in [0, 0.1) is 0 Å². The van der Waals surface area contributed by atoms with Gasteiger partial charge in [-0.2, -0.15) is 0 Å². The Morgan fingerprint density at radius 3 is 2.33 bits per heavy atom. The summed E-state index contributed by atoms with van der Waals surface area (Å²) in [7, 11) is -1.79. The van der Waals surface area contributed by atoms with Crippen LogP contribution in [-0.2, 0) is 14.6 Å². The Labute approximate surface area is 158 Å². The van der Waals surface area contributed by atoms with Gasteiger partial charge in [0.25, 0.3) is 5.91 Å². The van der Waals surface area contributed by atoms with Crippen molar-refractivity contribution in [2.75, 3.05) is 24.7 Å². The quantitative estimate of drug-likeness (QED) is 0.720. The standard InChI is InChI=1S/C19H22N2O5S/c1-3-27(24,25)15-10-8-14(9-11-15)21-18(22)12-13-20-19(23)16-6-4-5-7-17(16)26-2/h4-11H,3,12-13H2,1-2H3,(H,20,23)(H,21,22). The molecule has 0 aliphatic rings. The number of methoxy groups -OCH3 is 1. The molecule has 2 aromatic rings.